The number of fused-ring (bicyclic) bond motifs is 11. The smallest absolute Gasteiger partial charge is 0.264 e. The van der Waals surface area contributed by atoms with Crippen LogP contribution in [0.15, 0.2) is 176 Å². The molecule has 0 bridgehead atoms. The third-order valence-electron chi connectivity index (χ3n) is 16.9. The van der Waals surface area contributed by atoms with Crippen LogP contribution in [0.3, 0.4) is 0 Å². The molecular weight excluding hydrogens is 902 g/mol. The summed E-state index contributed by atoms with van der Waals surface area (Å²) >= 11 is 2.01. The van der Waals surface area contributed by atoms with E-state index in [9.17, 15) is 0 Å². The van der Waals surface area contributed by atoms with E-state index in [0.717, 1.165) is 17.1 Å². The van der Waals surface area contributed by atoms with Crippen molar-refractivity contribution in [2.24, 2.45) is 0 Å². The van der Waals surface area contributed by atoms with Crippen LogP contribution in [-0.2, 0) is 21.7 Å². The number of benzene rings is 8. The van der Waals surface area contributed by atoms with E-state index in [-0.39, 0.29) is 28.4 Å². The van der Waals surface area contributed by atoms with Crippen molar-refractivity contribution in [3.8, 4) is 11.1 Å². The molecule has 0 unspecified atom stereocenters. The van der Waals surface area contributed by atoms with Crippen molar-refractivity contribution in [3.63, 3.8) is 0 Å². The van der Waals surface area contributed by atoms with Crippen molar-refractivity contribution in [3.05, 3.63) is 204 Å². The molecule has 0 amide bonds. The number of para-hydroxylation sites is 2. The largest absolute Gasteiger partial charge is 0.311 e. The second-order valence-electron chi connectivity index (χ2n) is 24.5. The number of hydrogen-bond donors (Lipinski definition) is 0. The standard InChI is InChI=1S/C68H66BN3S/c1-65(2,3)44-30-34-49(35-31-44)71-56-36-32-46(67(7,8)9)41-55(56)69-62-58(71)42-50(70(47-22-13-10-14-23-47)48-24-15-11-16-25-48)43-59(62)72(63-52-40-45(66(4,5)6)33-37-60(52)73-64(63)69)57-29-21-28-54-61(57)51-26-17-18-27-53(51)68(54)38-19-12-20-39-68/h10-11,13-18,21-37,40-43H,12,19-20,38-39H2,1-9H3. The van der Waals surface area contributed by atoms with Crippen molar-refractivity contribution < 1.29 is 0 Å². The molecule has 2 aliphatic heterocycles. The molecule has 1 aromatic heterocycles. The summed E-state index contributed by atoms with van der Waals surface area (Å²) in [5.74, 6) is 0. The number of anilines is 9. The van der Waals surface area contributed by atoms with Crippen LogP contribution in [-0.4, -0.2) is 6.71 Å². The van der Waals surface area contributed by atoms with Gasteiger partial charge < -0.3 is 14.7 Å². The van der Waals surface area contributed by atoms with Crippen LogP contribution in [0, 0.1) is 0 Å². The Hall–Kier alpha value is -6.82. The predicted octanol–water partition coefficient (Wildman–Crippen LogP) is 17.6. The first-order valence-corrected chi connectivity index (χ1v) is 27.7. The highest BCUT2D eigenvalue weighted by Crippen LogP contribution is 2.61. The Morgan fingerprint density at radius 3 is 1.71 bits per heavy atom. The van der Waals surface area contributed by atoms with Gasteiger partial charge in [0.15, 0.2) is 0 Å². The first-order chi connectivity index (χ1) is 35.1. The Labute approximate surface area is 438 Å². The Bertz CT molecular complexity index is 3580. The summed E-state index contributed by atoms with van der Waals surface area (Å²) in [5.41, 5.74) is 23.3. The van der Waals surface area contributed by atoms with Gasteiger partial charge in [0, 0.05) is 60.0 Å². The predicted molar refractivity (Wildman–Crippen MR) is 316 cm³/mol. The molecule has 73 heavy (non-hydrogen) atoms. The lowest BCUT2D eigenvalue weighted by molar-refractivity contribution is 0.353. The maximum Gasteiger partial charge on any atom is 0.264 e. The Kier molecular flexibility index (Phi) is 10.5. The lowest BCUT2D eigenvalue weighted by Crippen LogP contribution is -2.60. The molecule has 0 radical (unpaired) electrons. The van der Waals surface area contributed by atoms with Gasteiger partial charge in [-0.1, -0.05) is 185 Å². The van der Waals surface area contributed by atoms with E-state index >= 15 is 0 Å². The van der Waals surface area contributed by atoms with Crippen LogP contribution in [0.25, 0.3) is 21.2 Å². The molecule has 0 saturated heterocycles. The first-order valence-electron chi connectivity index (χ1n) is 26.8. The van der Waals surface area contributed by atoms with Crippen LogP contribution >= 0.6 is 11.3 Å². The Balaban J connectivity index is 1.20. The fraction of sp³-hybridized carbons (Fsp3) is 0.265. The van der Waals surface area contributed by atoms with Gasteiger partial charge in [-0.3, -0.25) is 0 Å². The molecule has 3 heterocycles. The molecule has 1 saturated carbocycles. The lowest BCUT2D eigenvalue weighted by atomic mass is 9.36. The molecule has 362 valence electrons. The monoisotopic (exact) mass is 968 g/mol. The molecule has 9 aromatic rings. The average molecular weight is 968 g/mol. The molecule has 0 atom stereocenters. The minimum absolute atomic E-state index is 0.00840. The molecule has 13 rings (SSSR count). The quantitative estimate of drug-likeness (QED) is 0.159. The van der Waals surface area contributed by atoms with E-state index in [2.05, 4.69) is 253 Å². The normalized spacial score (nSPS) is 15.5. The molecule has 1 spiro atoms. The fourth-order valence-electron chi connectivity index (χ4n) is 13.1. The highest BCUT2D eigenvalue weighted by molar-refractivity contribution is 7.33. The number of hydrogen-bond acceptors (Lipinski definition) is 4. The van der Waals surface area contributed by atoms with Crippen LogP contribution in [0.2, 0.25) is 0 Å². The van der Waals surface area contributed by atoms with Crippen LogP contribution in [0.4, 0.5) is 51.2 Å². The third kappa shape index (κ3) is 7.19. The van der Waals surface area contributed by atoms with Crippen LogP contribution < -0.4 is 30.4 Å². The van der Waals surface area contributed by atoms with Gasteiger partial charge in [-0.15, -0.1) is 11.3 Å². The Morgan fingerprint density at radius 1 is 0.479 bits per heavy atom. The Morgan fingerprint density at radius 2 is 1.05 bits per heavy atom. The highest BCUT2D eigenvalue weighted by atomic mass is 32.1. The van der Waals surface area contributed by atoms with Crippen molar-refractivity contribution >= 4 is 95.0 Å². The molecule has 0 N–H and O–H groups in total. The summed E-state index contributed by atoms with van der Waals surface area (Å²) in [6.45, 7) is 21.1. The van der Waals surface area contributed by atoms with Crippen molar-refractivity contribution in [2.45, 2.75) is 116 Å². The van der Waals surface area contributed by atoms with Gasteiger partial charge in [0.25, 0.3) is 6.71 Å². The summed E-state index contributed by atoms with van der Waals surface area (Å²) in [4.78, 5) is 7.85. The van der Waals surface area contributed by atoms with Gasteiger partial charge in [-0.25, -0.2) is 0 Å². The second-order valence-corrected chi connectivity index (χ2v) is 25.6. The fourth-order valence-corrected chi connectivity index (χ4v) is 14.4. The summed E-state index contributed by atoms with van der Waals surface area (Å²) in [6, 6.07) is 68.1. The van der Waals surface area contributed by atoms with Crippen molar-refractivity contribution in [1.29, 1.82) is 0 Å². The zero-order valence-electron chi connectivity index (χ0n) is 44.1. The summed E-state index contributed by atoms with van der Waals surface area (Å²) in [7, 11) is 0. The zero-order chi connectivity index (χ0) is 50.2. The van der Waals surface area contributed by atoms with Gasteiger partial charge in [0.05, 0.1) is 17.1 Å². The molecule has 8 aromatic carbocycles. The third-order valence-corrected chi connectivity index (χ3v) is 18.1. The minimum Gasteiger partial charge on any atom is -0.311 e. The second kappa shape index (κ2) is 16.6. The maximum absolute atomic E-state index is 2.77. The summed E-state index contributed by atoms with van der Waals surface area (Å²) in [5, 5.41) is 1.33. The number of nitrogens with zero attached hydrogens (tertiary/aromatic N) is 3. The van der Waals surface area contributed by atoms with Crippen LogP contribution in [0.1, 0.15) is 122 Å². The van der Waals surface area contributed by atoms with Gasteiger partial charge >= 0.3 is 0 Å². The van der Waals surface area contributed by atoms with Gasteiger partial charge in [-0.05, 0) is 146 Å². The average Bonchev–Trinajstić information content (AvgIpc) is 3.89. The summed E-state index contributed by atoms with van der Waals surface area (Å²) in [6.07, 6.45) is 6.19. The van der Waals surface area contributed by atoms with E-state index in [4.69, 9.17) is 0 Å². The first kappa shape index (κ1) is 46.0. The van der Waals surface area contributed by atoms with E-state index in [1.165, 1.54) is 131 Å². The van der Waals surface area contributed by atoms with E-state index in [1.807, 2.05) is 11.3 Å². The highest BCUT2D eigenvalue weighted by Gasteiger charge is 2.49. The topological polar surface area (TPSA) is 9.72 Å². The summed E-state index contributed by atoms with van der Waals surface area (Å²) < 4.78 is 2.75. The van der Waals surface area contributed by atoms with E-state index < -0.39 is 0 Å². The molecular formula is C68H66BN3S. The van der Waals surface area contributed by atoms with E-state index in [0.29, 0.717) is 0 Å². The molecule has 4 aliphatic rings. The minimum atomic E-state index is -0.0502. The number of thiophene rings is 1. The number of rotatable bonds is 5. The molecule has 3 nitrogen and oxygen atoms in total. The van der Waals surface area contributed by atoms with Gasteiger partial charge in [0.2, 0.25) is 0 Å². The molecule has 2 aliphatic carbocycles. The molecule has 5 heteroatoms. The van der Waals surface area contributed by atoms with Crippen LogP contribution in [0.5, 0.6) is 0 Å². The van der Waals surface area contributed by atoms with Gasteiger partial charge in [0.1, 0.15) is 0 Å². The van der Waals surface area contributed by atoms with Crippen molar-refractivity contribution in [2.75, 3.05) is 14.7 Å². The SMILES string of the molecule is CC(C)(C)c1ccc(N2c3ccc(C(C)(C)C)cc3B3c4sc5ccc(C(C)(C)C)cc5c4N(c4cccc5c4-c4ccccc4C54CCCCC4)c4cc(N(c5ccccc5)c5ccccc5)cc2c43)cc1. The van der Waals surface area contributed by atoms with Crippen molar-refractivity contribution in [1.82, 2.24) is 0 Å². The lowest BCUT2D eigenvalue weighted by Gasteiger charge is -2.45. The molecule has 1 fully saturated rings. The van der Waals surface area contributed by atoms with Gasteiger partial charge in [-0.2, -0.15) is 0 Å². The maximum atomic E-state index is 2.77. The van der Waals surface area contributed by atoms with E-state index in [1.54, 1.807) is 0 Å². The zero-order valence-corrected chi connectivity index (χ0v) is 44.9.